The van der Waals surface area contributed by atoms with Crippen LogP contribution in [0.5, 0.6) is 5.75 Å². The smallest absolute Gasteiger partial charge is 0.276 e. The minimum Gasteiger partial charge on any atom is -0.491 e. The van der Waals surface area contributed by atoms with E-state index in [2.05, 4.69) is 4.98 Å². The number of aryl methyl sites for hydroxylation is 1. The van der Waals surface area contributed by atoms with E-state index in [4.69, 9.17) is 25.6 Å². The highest BCUT2D eigenvalue weighted by Gasteiger charge is 2.52. The number of amides is 1. The van der Waals surface area contributed by atoms with Gasteiger partial charge in [0.2, 0.25) is 0 Å². The van der Waals surface area contributed by atoms with Crippen molar-refractivity contribution in [2.24, 2.45) is 11.8 Å². The number of nitrogens with zero attached hydrogens (tertiary/aromatic N) is 2. The van der Waals surface area contributed by atoms with Crippen LogP contribution in [0, 0.1) is 18.6 Å². The molecule has 1 aliphatic carbocycles. The molecule has 5 rings (SSSR count). The number of carbonyl (C=O) groups excluding carboxylic acids is 1. The number of piperidine rings is 1. The topological polar surface area (TPSA) is 51.7 Å². The van der Waals surface area contributed by atoms with Crippen molar-refractivity contribution < 1.29 is 37.3 Å². The zero-order valence-electron chi connectivity index (χ0n) is 38.3. The molecule has 1 aromatic heterocycles. The number of hydrogen-bond acceptors (Lipinski definition) is 4. The zero-order chi connectivity index (χ0) is 41.8. The fourth-order valence-electron chi connectivity index (χ4n) is 4.63. The molecule has 0 bridgehead atoms. The highest BCUT2D eigenvalue weighted by molar-refractivity contribution is 6.99. The van der Waals surface area contributed by atoms with E-state index < -0.39 is 112 Å². The first-order chi connectivity index (χ1) is 24.9. The number of rotatable bonds is 8. The third kappa shape index (κ3) is 5.04. The predicted octanol–water partition coefficient (Wildman–Crippen LogP) is 5.22. The molecule has 0 unspecified atom stereocenters. The van der Waals surface area contributed by atoms with Crippen LogP contribution >= 0.6 is 0 Å². The van der Waals surface area contributed by atoms with Gasteiger partial charge in [-0.3, -0.25) is 4.79 Å². The number of aromatic nitrogens is 1. The number of hydrogen-bond donors (Lipinski definition) is 0. The maximum atomic E-state index is 15.0. The number of benzene rings is 2. The largest absolute Gasteiger partial charge is 0.491 e. The van der Waals surface area contributed by atoms with Crippen LogP contribution in [-0.4, -0.2) is 49.8 Å². The molecule has 2 aliphatic rings. The molecule has 2 fully saturated rings. The number of pyridine rings is 1. The van der Waals surface area contributed by atoms with Crippen LogP contribution in [0.15, 0.2) is 72.7 Å². The Balaban J connectivity index is 1.85. The van der Waals surface area contributed by atoms with Gasteiger partial charge in [-0.1, -0.05) is 81.4 Å². The molecule has 0 radical (unpaired) electrons. The Labute approximate surface area is 252 Å². The van der Waals surface area contributed by atoms with Gasteiger partial charge < -0.3 is 14.1 Å². The van der Waals surface area contributed by atoms with Gasteiger partial charge in [-0.2, -0.15) is 0 Å². The summed E-state index contributed by atoms with van der Waals surface area (Å²) in [5.41, 5.74) is -2.58. The van der Waals surface area contributed by atoms with Crippen LogP contribution in [0.2, 0.25) is 5.04 Å². The summed E-state index contributed by atoms with van der Waals surface area (Å²) >= 11 is 0. The van der Waals surface area contributed by atoms with Crippen LogP contribution in [0.25, 0.3) is 0 Å². The fraction of sp³-hybridized carbons (Fsp3) is 0.438. The van der Waals surface area contributed by atoms with Crippen LogP contribution in [0.1, 0.15) is 79.9 Å². The van der Waals surface area contributed by atoms with Gasteiger partial charge in [-0.15, -0.1) is 0 Å². The van der Waals surface area contributed by atoms with Crippen molar-refractivity contribution in [1.82, 2.24) is 9.88 Å². The van der Waals surface area contributed by atoms with E-state index in [1.807, 2.05) is 20.8 Å². The van der Waals surface area contributed by atoms with E-state index >= 15 is 0 Å². The van der Waals surface area contributed by atoms with Crippen molar-refractivity contribution >= 4 is 24.6 Å². The Bertz CT molecular complexity index is 1940. The van der Waals surface area contributed by atoms with Gasteiger partial charge in [0.25, 0.3) is 14.2 Å². The molecule has 1 saturated heterocycles. The van der Waals surface area contributed by atoms with E-state index in [0.717, 1.165) is 0 Å². The van der Waals surface area contributed by atoms with Crippen molar-refractivity contribution in [2.75, 3.05) is 19.7 Å². The molecule has 3 aromatic rings. The first kappa shape index (κ1) is 12.9. The molecule has 200 valence electrons. The second-order valence-electron chi connectivity index (χ2n) is 9.79. The molecule has 0 N–H and O–H groups in total. The molecule has 6 heteroatoms. The van der Waals surface area contributed by atoms with Gasteiger partial charge in [-0.25, -0.2) is 4.98 Å². The summed E-state index contributed by atoms with van der Waals surface area (Å²) in [5.74, 6) is -9.97. The quantitative estimate of drug-likeness (QED) is 0.365. The van der Waals surface area contributed by atoms with E-state index in [-0.39, 0.29) is 4.90 Å². The molecular weight excluding hydrogens is 488 g/mol. The highest BCUT2D eigenvalue weighted by Crippen LogP contribution is 2.48. The van der Waals surface area contributed by atoms with Crippen molar-refractivity contribution in [1.29, 1.82) is 0 Å². The Morgan fingerprint density at radius 3 is 2.42 bits per heavy atom. The molecule has 3 atom stereocenters. The van der Waals surface area contributed by atoms with Crippen molar-refractivity contribution in [3.05, 3.63) is 84.1 Å². The molecule has 2 aromatic carbocycles. The van der Waals surface area contributed by atoms with Gasteiger partial charge in [-0.05, 0) is 65.8 Å². The Hall–Kier alpha value is -2.96. The van der Waals surface area contributed by atoms with Crippen molar-refractivity contribution in [3.8, 4) is 5.75 Å². The summed E-state index contributed by atoms with van der Waals surface area (Å²) in [5, 5.41) is 0.360. The zero-order valence-corrected chi connectivity index (χ0v) is 22.3. The molecule has 5 nitrogen and oxygen atoms in total. The molecule has 38 heavy (non-hydrogen) atoms. The molecule has 0 spiro atoms. The molecule has 2 heterocycles. The average molecular weight is 546 g/mol. The van der Waals surface area contributed by atoms with E-state index in [1.54, 1.807) is 60.7 Å². The predicted molar refractivity (Wildman–Crippen MR) is 155 cm³/mol. The lowest BCUT2D eigenvalue weighted by molar-refractivity contribution is 0.0493. The first-order valence-corrected chi connectivity index (χ1v) is 13.9. The van der Waals surface area contributed by atoms with Crippen LogP contribution in [0.4, 0.5) is 0 Å². The minimum atomic E-state index is -3.81. The summed E-state index contributed by atoms with van der Waals surface area (Å²) in [6.45, 7) is -7.05. The van der Waals surface area contributed by atoms with Gasteiger partial charge in [0.05, 0.1) is 26.0 Å². The molecule has 1 saturated carbocycles. The summed E-state index contributed by atoms with van der Waals surface area (Å²) < 4.78 is 158. The van der Waals surface area contributed by atoms with E-state index in [9.17, 15) is 11.6 Å². The molecule has 1 amide bonds. The number of carbonyl (C=O) groups is 1. The van der Waals surface area contributed by atoms with Crippen LogP contribution < -0.4 is 15.1 Å². The van der Waals surface area contributed by atoms with Crippen LogP contribution in [0.3, 0.4) is 0 Å². The Morgan fingerprint density at radius 1 is 1.13 bits per heavy atom. The average Bonchev–Trinajstić information content (AvgIpc) is 3.47. The van der Waals surface area contributed by atoms with Gasteiger partial charge in [0.15, 0.2) is 11.4 Å². The van der Waals surface area contributed by atoms with Gasteiger partial charge >= 0.3 is 0 Å². The molecule has 1 aliphatic heterocycles. The second kappa shape index (κ2) is 10.7. The van der Waals surface area contributed by atoms with E-state index in [1.165, 1.54) is 0 Å². The van der Waals surface area contributed by atoms with Crippen molar-refractivity contribution in [3.63, 3.8) is 0 Å². The lowest BCUT2D eigenvalue weighted by Crippen LogP contribution is -2.67. The van der Waals surface area contributed by atoms with Gasteiger partial charge in [0.1, 0.15) is 0 Å². The fourth-order valence-corrected chi connectivity index (χ4v) is 9.13. The molecular formula is C32H40N2O3Si. The number of fused-ring (bicyclic) bond motifs is 1. The monoisotopic (exact) mass is 545 g/mol. The first-order valence-electron chi connectivity index (χ1n) is 20.7. The summed E-state index contributed by atoms with van der Waals surface area (Å²) in [4.78, 5) is 18.5. The maximum Gasteiger partial charge on any atom is 0.276 e. The normalized spacial score (nSPS) is 38.1. The third-order valence-corrected chi connectivity index (χ3v) is 11.3. The second-order valence-corrected chi connectivity index (χ2v) is 14.1. The Kier molecular flexibility index (Phi) is 3.63. The lowest BCUT2D eigenvalue weighted by atomic mass is 10.0. The highest BCUT2D eigenvalue weighted by atomic mass is 28.4. The van der Waals surface area contributed by atoms with Crippen LogP contribution in [-0.2, 0) is 4.43 Å². The standard InChI is InChI=1S/C32H40N2O3Si/c1-6-36-29-18-17-23(2)33-30(29)31(35)34-21-25-19-24(25)20-26(34)22-37-38(32(3,4)5,27-13-9-7-10-14-27)28-15-11-8-12-16-28/h7-18,24-26H,6,19-22H2,1-5H3/t24-,25+,26+/m1/s1/i1D,2D3,6D2,17D,18D,19D2,20D2,21D2,24D,25D,26D. The summed E-state index contributed by atoms with van der Waals surface area (Å²) in [7, 11) is -3.81. The summed E-state index contributed by atoms with van der Waals surface area (Å²) in [6, 6.07) is 11.5. The lowest BCUT2D eigenvalue weighted by Gasteiger charge is -2.45. The van der Waals surface area contributed by atoms with Crippen molar-refractivity contribution in [2.45, 2.75) is 58.3 Å². The number of ether oxygens (including phenoxy) is 1. The SMILES string of the molecule is [2H]CC([2H])([2H])Oc1c(C(=O)N2C([2H])([2H])[C@]3([2H])C([2H])([2H])[C@]3([2H])C([2H])([2H])[C@@]2([2H])CO[Si](c2ccccc2)(c2ccccc2)C(C)(C)C)nc(C([2H])([2H])[2H])c([2H])c1[2H]. The van der Waals surface area contributed by atoms with E-state index in [0.29, 0.717) is 10.4 Å². The maximum absolute atomic E-state index is 15.0. The number of likely N-dealkylation sites (tertiary alicyclic amines) is 1. The third-order valence-electron chi connectivity index (χ3n) is 6.36. The Morgan fingerprint density at radius 2 is 1.82 bits per heavy atom. The van der Waals surface area contributed by atoms with Gasteiger partial charge in [0, 0.05) is 28.6 Å². The summed E-state index contributed by atoms with van der Waals surface area (Å²) in [6.07, 6.45) is -7.03. The minimum absolute atomic E-state index is 0.180.